The van der Waals surface area contributed by atoms with Gasteiger partial charge in [-0.3, -0.25) is 0 Å². The molecule has 0 bridgehead atoms. The molecule has 0 radical (unpaired) electrons. The number of aromatic amines is 1. The Kier molecular flexibility index (Phi) is 2.27. The summed E-state index contributed by atoms with van der Waals surface area (Å²) < 4.78 is 0. The third-order valence-corrected chi connectivity index (χ3v) is 1.06. The summed E-state index contributed by atoms with van der Waals surface area (Å²) in [6, 6.07) is 0. The Bertz CT molecular complexity index is 180. The second kappa shape index (κ2) is 3.25. The highest BCUT2D eigenvalue weighted by molar-refractivity contribution is 6.25. The van der Waals surface area contributed by atoms with Crippen LogP contribution < -0.4 is 0 Å². The van der Waals surface area contributed by atoms with E-state index in [2.05, 4.69) is 15.4 Å². The molecule has 3 nitrogen and oxygen atoms in total. The van der Waals surface area contributed by atoms with Crippen LogP contribution in [0.5, 0.6) is 0 Å². The van der Waals surface area contributed by atoms with Gasteiger partial charge in [0.25, 0.3) is 0 Å². The van der Waals surface area contributed by atoms with Crippen LogP contribution in [0, 0.1) is 0 Å². The quantitative estimate of drug-likeness (QED) is 0.674. The van der Waals surface area contributed by atoms with E-state index in [-0.39, 0.29) is 0 Å². The minimum atomic E-state index is 0.736. The number of allylic oxidation sites excluding steroid dienone is 1. The summed E-state index contributed by atoms with van der Waals surface area (Å²) in [5.41, 5.74) is 2.36. The van der Waals surface area contributed by atoms with Crippen molar-refractivity contribution in [2.45, 2.75) is 6.42 Å². The second-order valence-corrected chi connectivity index (χ2v) is 1.78. The van der Waals surface area contributed by atoms with E-state index in [1.54, 1.807) is 12.3 Å². The van der Waals surface area contributed by atoms with Crippen molar-refractivity contribution < 1.29 is 0 Å². The van der Waals surface area contributed by atoms with Crippen molar-refractivity contribution in [1.29, 1.82) is 0 Å². The topological polar surface area (TPSA) is 41.6 Å². The van der Waals surface area contributed by atoms with Gasteiger partial charge in [0.2, 0.25) is 0 Å². The number of nitrogens with one attached hydrogen (secondary N) is 1. The van der Waals surface area contributed by atoms with E-state index in [0.29, 0.717) is 0 Å². The molecule has 1 rings (SSSR count). The Morgan fingerprint density at radius 3 is 3.22 bits per heavy atom. The summed E-state index contributed by atoms with van der Waals surface area (Å²) in [5.74, 6) is 0. The number of hydrogen-bond donors (Lipinski definition) is 1. The van der Waals surface area contributed by atoms with Gasteiger partial charge in [-0.05, 0) is 0 Å². The highest BCUT2D eigenvalue weighted by atomic mass is 35.5. The lowest BCUT2D eigenvalue weighted by molar-refractivity contribution is 0.919. The summed E-state index contributed by atoms with van der Waals surface area (Å²) in [6.45, 7) is 0. The second-order valence-electron chi connectivity index (χ2n) is 1.53. The molecule has 0 unspecified atom stereocenters. The Morgan fingerprint density at radius 1 is 1.78 bits per heavy atom. The van der Waals surface area contributed by atoms with E-state index in [1.165, 1.54) is 5.54 Å². The van der Waals surface area contributed by atoms with Crippen LogP contribution in [-0.2, 0) is 6.42 Å². The molecule has 1 N–H and O–H groups in total. The van der Waals surface area contributed by atoms with Crippen molar-refractivity contribution in [2.24, 2.45) is 0 Å². The fourth-order valence-electron chi connectivity index (χ4n) is 0.489. The maximum absolute atomic E-state index is 5.28. The average Bonchev–Trinajstić information content (AvgIpc) is 2.34. The summed E-state index contributed by atoms with van der Waals surface area (Å²) in [5, 5.41) is 9.93. The first-order chi connectivity index (χ1) is 4.43. The van der Waals surface area contributed by atoms with Crippen LogP contribution >= 0.6 is 11.6 Å². The van der Waals surface area contributed by atoms with Gasteiger partial charge in [-0.25, -0.2) is 0 Å². The molecule has 1 aromatic rings. The molecule has 4 heteroatoms. The van der Waals surface area contributed by atoms with Crippen molar-refractivity contribution in [3.8, 4) is 0 Å². The first-order valence-electron chi connectivity index (χ1n) is 2.53. The van der Waals surface area contributed by atoms with E-state index < -0.39 is 0 Å². The van der Waals surface area contributed by atoms with Gasteiger partial charge in [-0.2, -0.15) is 15.4 Å². The van der Waals surface area contributed by atoms with Crippen molar-refractivity contribution in [3.05, 3.63) is 23.5 Å². The van der Waals surface area contributed by atoms with E-state index in [4.69, 9.17) is 11.6 Å². The molecular formula is C5H6ClN3. The molecule has 0 saturated heterocycles. The number of H-pyrrole nitrogens is 1. The largest absolute Gasteiger partial charge is 0.198 e. The minimum Gasteiger partial charge on any atom is -0.198 e. The SMILES string of the molecule is ClC=CCc1cn[nH]n1. The van der Waals surface area contributed by atoms with Crippen LogP contribution in [0.3, 0.4) is 0 Å². The van der Waals surface area contributed by atoms with Crippen LogP contribution in [0.2, 0.25) is 0 Å². The smallest absolute Gasteiger partial charge is 0.0862 e. The van der Waals surface area contributed by atoms with E-state index >= 15 is 0 Å². The Hall–Kier alpha value is -0.830. The zero-order valence-corrected chi connectivity index (χ0v) is 5.47. The van der Waals surface area contributed by atoms with E-state index in [9.17, 15) is 0 Å². The maximum Gasteiger partial charge on any atom is 0.0862 e. The zero-order valence-electron chi connectivity index (χ0n) is 4.71. The van der Waals surface area contributed by atoms with Gasteiger partial charge in [0.05, 0.1) is 11.9 Å². The average molecular weight is 144 g/mol. The van der Waals surface area contributed by atoms with Gasteiger partial charge in [0.1, 0.15) is 0 Å². The lowest BCUT2D eigenvalue weighted by Gasteiger charge is -1.79. The molecule has 0 spiro atoms. The monoisotopic (exact) mass is 143 g/mol. The molecule has 1 aromatic heterocycles. The van der Waals surface area contributed by atoms with E-state index in [0.717, 1.165) is 12.1 Å². The molecule has 0 aromatic carbocycles. The first kappa shape index (κ1) is 6.29. The van der Waals surface area contributed by atoms with Crippen LogP contribution in [-0.4, -0.2) is 15.4 Å². The van der Waals surface area contributed by atoms with Crippen molar-refractivity contribution >= 4 is 11.6 Å². The maximum atomic E-state index is 5.28. The predicted molar refractivity (Wildman–Crippen MR) is 35.1 cm³/mol. The Balaban J connectivity index is 2.48. The number of nitrogens with zero attached hydrogens (tertiary/aromatic N) is 2. The molecule has 0 aliphatic heterocycles. The fraction of sp³-hybridized carbons (Fsp3) is 0.200. The molecule has 0 fully saturated rings. The molecule has 0 aliphatic rings. The summed E-state index contributed by atoms with van der Waals surface area (Å²) in [7, 11) is 0. The van der Waals surface area contributed by atoms with Gasteiger partial charge in [0.15, 0.2) is 0 Å². The molecule has 1 heterocycles. The fourth-order valence-corrected chi connectivity index (χ4v) is 0.578. The van der Waals surface area contributed by atoms with Gasteiger partial charge < -0.3 is 0 Å². The third-order valence-electron chi connectivity index (χ3n) is 0.881. The van der Waals surface area contributed by atoms with Gasteiger partial charge >= 0.3 is 0 Å². The molecule has 48 valence electrons. The third kappa shape index (κ3) is 1.85. The predicted octanol–water partition coefficient (Wildman–Crippen LogP) is 1.10. The van der Waals surface area contributed by atoms with Crippen LogP contribution in [0.25, 0.3) is 0 Å². The number of aromatic nitrogens is 3. The molecular weight excluding hydrogens is 138 g/mol. The Morgan fingerprint density at radius 2 is 2.67 bits per heavy atom. The van der Waals surface area contributed by atoms with Crippen LogP contribution in [0.15, 0.2) is 17.8 Å². The number of halogens is 1. The summed E-state index contributed by atoms with van der Waals surface area (Å²) >= 11 is 5.28. The lowest BCUT2D eigenvalue weighted by atomic mass is 10.3. The van der Waals surface area contributed by atoms with Crippen molar-refractivity contribution in [2.75, 3.05) is 0 Å². The van der Waals surface area contributed by atoms with Crippen molar-refractivity contribution in [1.82, 2.24) is 15.4 Å². The molecule has 0 atom stereocenters. The van der Waals surface area contributed by atoms with Crippen LogP contribution in [0.4, 0.5) is 0 Å². The van der Waals surface area contributed by atoms with Crippen molar-refractivity contribution in [3.63, 3.8) is 0 Å². The first-order valence-corrected chi connectivity index (χ1v) is 2.97. The number of hydrogen-bond acceptors (Lipinski definition) is 2. The van der Waals surface area contributed by atoms with Crippen LogP contribution in [0.1, 0.15) is 5.69 Å². The van der Waals surface area contributed by atoms with Gasteiger partial charge in [-0.1, -0.05) is 17.7 Å². The van der Waals surface area contributed by atoms with E-state index in [1.807, 2.05) is 0 Å². The number of rotatable bonds is 2. The highest BCUT2D eigenvalue weighted by Gasteiger charge is 1.88. The standard InChI is InChI=1S/C5H6ClN3/c6-3-1-2-5-4-7-9-8-5/h1,3-4H,2H2,(H,7,8,9). The molecule has 9 heavy (non-hydrogen) atoms. The summed E-state index contributed by atoms with van der Waals surface area (Å²) in [4.78, 5) is 0. The van der Waals surface area contributed by atoms with Gasteiger partial charge in [-0.15, -0.1) is 0 Å². The normalized spacial score (nSPS) is 10.8. The Labute approximate surface area is 57.7 Å². The molecule has 0 amide bonds. The molecule has 0 aliphatic carbocycles. The van der Waals surface area contributed by atoms with Gasteiger partial charge in [0, 0.05) is 12.0 Å². The summed E-state index contributed by atoms with van der Waals surface area (Å²) in [6.07, 6.45) is 4.20. The molecule has 0 saturated carbocycles. The lowest BCUT2D eigenvalue weighted by Crippen LogP contribution is -1.78. The highest BCUT2D eigenvalue weighted by Crippen LogP contribution is 1.91. The zero-order chi connectivity index (χ0) is 6.53. The minimum absolute atomic E-state index is 0.736.